The summed E-state index contributed by atoms with van der Waals surface area (Å²) in [6.45, 7) is 2.61. The third-order valence-electron chi connectivity index (χ3n) is 2.14. The van der Waals surface area contributed by atoms with Crippen LogP contribution in [0.4, 0.5) is 0 Å². The molecule has 0 saturated heterocycles. The summed E-state index contributed by atoms with van der Waals surface area (Å²) in [4.78, 5) is 19.0. The first-order valence-electron chi connectivity index (χ1n) is 4.36. The lowest BCUT2D eigenvalue weighted by molar-refractivity contribution is 0.0681. The van der Waals surface area contributed by atoms with E-state index in [4.69, 9.17) is 9.84 Å². The largest absolute Gasteiger partial charge is 0.477 e. The Labute approximate surface area is 80.8 Å². The van der Waals surface area contributed by atoms with E-state index >= 15 is 0 Å². The van der Waals surface area contributed by atoms with Gasteiger partial charge in [0, 0.05) is 12.0 Å². The van der Waals surface area contributed by atoms with Gasteiger partial charge >= 0.3 is 5.97 Å². The van der Waals surface area contributed by atoms with E-state index in [9.17, 15) is 4.79 Å². The summed E-state index contributed by atoms with van der Waals surface area (Å²) in [6.07, 6.45) is 0.581. The zero-order valence-corrected chi connectivity index (χ0v) is 7.78. The smallest absolute Gasteiger partial charge is 0.354 e. The molecule has 1 aliphatic rings. The number of aromatic nitrogens is 2. The molecule has 0 unspecified atom stereocenters. The van der Waals surface area contributed by atoms with Crippen molar-refractivity contribution in [3.63, 3.8) is 0 Å². The third-order valence-corrected chi connectivity index (χ3v) is 2.14. The van der Waals surface area contributed by atoms with Crippen LogP contribution in [-0.4, -0.2) is 27.7 Å². The molecule has 0 aliphatic carbocycles. The van der Waals surface area contributed by atoms with E-state index in [1.165, 1.54) is 0 Å². The summed E-state index contributed by atoms with van der Waals surface area (Å²) < 4.78 is 5.20. The molecular weight excluding hydrogens is 184 g/mol. The number of aromatic carboxylic acids is 1. The average Bonchev–Trinajstić information content (AvgIpc) is 2.16. The van der Waals surface area contributed by atoms with Crippen LogP contribution in [-0.2, 0) is 17.8 Å². The molecule has 1 aromatic heterocycles. The quantitative estimate of drug-likeness (QED) is 0.707. The molecule has 0 aromatic carbocycles. The van der Waals surface area contributed by atoms with Gasteiger partial charge in [-0.25, -0.2) is 14.8 Å². The molecule has 1 aromatic rings. The first-order valence-corrected chi connectivity index (χ1v) is 4.36. The van der Waals surface area contributed by atoms with Crippen LogP contribution in [0.5, 0.6) is 0 Å². The highest BCUT2D eigenvalue weighted by molar-refractivity contribution is 5.87. The highest BCUT2D eigenvalue weighted by Crippen LogP contribution is 2.17. The summed E-state index contributed by atoms with van der Waals surface area (Å²) in [6, 6.07) is 0. The van der Waals surface area contributed by atoms with Gasteiger partial charge < -0.3 is 9.84 Å². The fraction of sp³-hybridized carbons (Fsp3) is 0.444. The highest BCUT2D eigenvalue weighted by atomic mass is 16.5. The van der Waals surface area contributed by atoms with Gasteiger partial charge in [-0.3, -0.25) is 0 Å². The van der Waals surface area contributed by atoms with Gasteiger partial charge in [0.2, 0.25) is 0 Å². The molecule has 2 heterocycles. The molecule has 0 spiro atoms. The third kappa shape index (κ3) is 1.46. The van der Waals surface area contributed by atoms with Crippen molar-refractivity contribution < 1.29 is 14.6 Å². The van der Waals surface area contributed by atoms with Gasteiger partial charge in [-0.05, 0) is 6.92 Å². The maximum absolute atomic E-state index is 10.9. The number of rotatable bonds is 1. The number of carboxylic acid groups (broad SMARTS) is 1. The van der Waals surface area contributed by atoms with E-state index < -0.39 is 5.97 Å². The van der Waals surface area contributed by atoms with Crippen molar-refractivity contribution in [2.24, 2.45) is 0 Å². The lowest BCUT2D eigenvalue weighted by Crippen LogP contribution is -2.19. The van der Waals surface area contributed by atoms with Crippen LogP contribution >= 0.6 is 0 Å². The fourth-order valence-corrected chi connectivity index (χ4v) is 1.56. The second-order valence-electron chi connectivity index (χ2n) is 3.15. The van der Waals surface area contributed by atoms with Gasteiger partial charge in [-0.2, -0.15) is 0 Å². The second-order valence-corrected chi connectivity index (χ2v) is 3.15. The number of fused-ring (bicyclic) bond motifs is 1. The monoisotopic (exact) mass is 194 g/mol. The molecule has 5 nitrogen and oxygen atoms in total. The van der Waals surface area contributed by atoms with Gasteiger partial charge in [-0.15, -0.1) is 0 Å². The molecule has 74 valence electrons. The first-order chi connectivity index (χ1) is 6.68. The molecule has 5 heteroatoms. The summed E-state index contributed by atoms with van der Waals surface area (Å²) in [5.74, 6) is -0.514. The van der Waals surface area contributed by atoms with Crippen molar-refractivity contribution in [2.45, 2.75) is 20.0 Å². The molecule has 0 bridgehead atoms. The Morgan fingerprint density at radius 1 is 1.50 bits per heavy atom. The maximum Gasteiger partial charge on any atom is 0.354 e. The zero-order chi connectivity index (χ0) is 10.1. The minimum Gasteiger partial charge on any atom is -0.477 e. The maximum atomic E-state index is 10.9. The lowest BCUT2D eigenvalue weighted by atomic mass is 10.1. The zero-order valence-electron chi connectivity index (χ0n) is 7.78. The van der Waals surface area contributed by atoms with E-state index in [0.717, 1.165) is 0 Å². The van der Waals surface area contributed by atoms with Gasteiger partial charge in [0.05, 0.1) is 18.9 Å². The Morgan fingerprint density at radius 2 is 2.29 bits per heavy atom. The van der Waals surface area contributed by atoms with E-state index in [1.807, 2.05) is 0 Å². The molecule has 14 heavy (non-hydrogen) atoms. The molecule has 0 saturated carbocycles. The van der Waals surface area contributed by atoms with Crippen LogP contribution in [0.1, 0.15) is 27.6 Å². The molecular formula is C9H10N2O3. The van der Waals surface area contributed by atoms with Gasteiger partial charge in [0.1, 0.15) is 5.82 Å². The molecule has 0 atom stereocenters. The SMILES string of the molecule is Cc1nc2c(c(C(=O)O)n1)CCOC2. The number of hydrogen-bond acceptors (Lipinski definition) is 4. The Balaban J connectivity index is 2.58. The van der Waals surface area contributed by atoms with E-state index in [0.29, 0.717) is 36.7 Å². The first kappa shape index (κ1) is 9.08. The van der Waals surface area contributed by atoms with Crippen molar-refractivity contribution in [3.05, 3.63) is 22.8 Å². The van der Waals surface area contributed by atoms with E-state index in [2.05, 4.69) is 9.97 Å². The van der Waals surface area contributed by atoms with Crippen molar-refractivity contribution in [3.8, 4) is 0 Å². The van der Waals surface area contributed by atoms with Crippen molar-refractivity contribution in [1.29, 1.82) is 0 Å². The molecule has 1 aliphatic heterocycles. The van der Waals surface area contributed by atoms with Crippen LogP contribution in [0.3, 0.4) is 0 Å². The van der Waals surface area contributed by atoms with Crippen LogP contribution in [0.2, 0.25) is 0 Å². The summed E-state index contributed by atoms with van der Waals surface area (Å²) in [5.41, 5.74) is 1.55. The molecule has 1 N–H and O–H groups in total. The second kappa shape index (κ2) is 3.34. The van der Waals surface area contributed by atoms with Crippen LogP contribution in [0, 0.1) is 6.92 Å². The number of hydrogen-bond donors (Lipinski definition) is 1. The fourth-order valence-electron chi connectivity index (χ4n) is 1.56. The Bertz CT molecular complexity index is 390. The standard InChI is InChI=1S/C9H10N2O3/c1-5-10-7-4-14-3-2-6(7)8(11-5)9(12)13/h2-4H2,1H3,(H,12,13). The predicted octanol–water partition coefficient (Wildman–Crippen LogP) is 0.556. The number of carboxylic acids is 1. The minimum absolute atomic E-state index is 0.121. The van der Waals surface area contributed by atoms with Gasteiger partial charge in [0.15, 0.2) is 5.69 Å². The topological polar surface area (TPSA) is 72.3 Å². The molecule has 0 fully saturated rings. The summed E-state index contributed by atoms with van der Waals surface area (Å²) in [5, 5.41) is 8.93. The highest BCUT2D eigenvalue weighted by Gasteiger charge is 2.20. The average molecular weight is 194 g/mol. The predicted molar refractivity (Wildman–Crippen MR) is 47.1 cm³/mol. The summed E-state index contributed by atoms with van der Waals surface area (Å²) in [7, 11) is 0. The number of aryl methyl sites for hydroxylation is 1. The van der Waals surface area contributed by atoms with Crippen LogP contribution in [0.15, 0.2) is 0 Å². The number of carbonyl (C=O) groups is 1. The normalized spacial score (nSPS) is 14.9. The van der Waals surface area contributed by atoms with Crippen molar-refractivity contribution in [2.75, 3.05) is 6.61 Å². The summed E-state index contributed by atoms with van der Waals surface area (Å²) >= 11 is 0. The Kier molecular flexibility index (Phi) is 2.17. The van der Waals surface area contributed by atoms with Crippen molar-refractivity contribution in [1.82, 2.24) is 9.97 Å². The molecule has 2 rings (SSSR count). The number of ether oxygens (including phenoxy) is 1. The Hall–Kier alpha value is -1.49. The lowest BCUT2D eigenvalue weighted by Gasteiger charge is -2.16. The van der Waals surface area contributed by atoms with Gasteiger partial charge in [-0.1, -0.05) is 0 Å². The van der Waals surface area contributed by atoms with E-state index in [1.54, 1.807) is 6.92 Å². The Morgan fingerprint density at radius 3 is 3.00 bits per heavy atom. The van der Waals surface area contributed by atoms with Crippen LogP contribution < -0.4 is 0 Å². The van der Waals surface area contributed by atoms with Crippen LogP contribution in [0.25, 0.3) is 0 Å². The van der Waals surface area contributed by atoms with E-state index in [-0.39, 0.29) is 5.69 Å². The van der Waals surface area contributed by atoms with Gasteiger partial charge in [0.25, 0.3) is 0 Å². The van der Waals surface area contributed by atoms with Crippen molar-refractivity contribution >= 4 is 5.97 Å². The number of nitrogens with zero attached hydrogens (tertiary/aromatic N) is 2. The molecule has 0 amide bonds. The molecule has 0 radical (unpaired) electrons. The minimum atomic E-state index is -0.992.